The second-order valence-corrected chi connectivity index (χ2v) is 10.2. The fraction of sp³-hybridized carbons (Fsp3) is 0.333. The molecule has 0 aliphatic carbocycles. The molecule has 0 saturated carbocycles. The normalized spacial score (nSPS) is 17.7. The Bertz CT molecular complexity index is 1270. The Balaban J connectivity index is 0.00000241. The molecule has 2 aromatic rings. The summed E-state index contributed by atoms with van der Waals surface area (Å²) in [5.41, 5.74) is 0.562. The van der Waals surface area contributed by atoms with Gasteiger partial charge in [-0.2, -0.15) is 0 Å². The van der Waals surface area contributed by atoms with Crippen molar-refractivity contribution in [2.45, 2.75) is 29.5 Å². The number of fused-ring (bicyclic) bond motifs is 1. The van der Waals surface area contributed by atoms with Crippen molar-refractivity contribution >= 4 is 153 Å². The van der Waals surface area contributed by atoms with Crippen LogP contribution < -0.4 is 5.32 Å². The number of amides is 2. The Labute approximate surface area is 293 Å². The van der Waals surface area contributed by atoms with Gasteiger partial charge in [-0.1, -0.05) is 11.8 Å². The third kappa shape index (κ3) is 7.85. The molecule has 190 valence electrons. The minimum atomic E-state index is -1.31. The summed E-state index contributed by atoms with van der Waals surface area (Å²) >= 11 is 3.31. The fourth-order valence-electron chi connectivity index (χ4n) is 3.53. The molecule has 0 bridgehead atoms. The Kier molecular flexibility index (Phi) is 14.5. The van der Waals surface area contributed by atoms with E-state index in [1.54, 1.807) is 5.38 Å². The molecular formula is C18H19N6Na3O8S3. The van der Waals surface area contributed by atoms with E-state index in [0.717, 1.165) is 32.7 Å². The number of carbonyl (C=O) groups excluding carboxylic acids is 2. The van der Waals surface area contributed by atoms with Crippen LogP contribution in [0.3, 0.4) is 0 Å². The van der Waals surface area contributed by atoms with Crippen molar-refractivity contribution in [2.75, 3.05) is 11.5 Å². The van der Waals surface area contributed by atoms with Crippen LogP contribution in [0.4, 0.5) is 0 Å². The molecule has 38 heavy (non-hydrogen) atoms. The zero-order valence-corrected chi connectivity index (χ0v) is 19.9. The Hall–Kier alpha value is -0.440. The molecule has 1 unspecified atom stereocenters. The number of carboxylic acid groups (broad SMARTS) is 3. The summed E-state index contributed by atoms with van der Waals surface area (Å²) in [6, 6.07) is 0.589. The molecule has 1 saturated heterocycles. The minimum absolute atomic E-state index is 0. The van der Waals surface area contributed by atoms with Crippen LogP contribution in [0, 0.1) is 0 Å². The first kappa shape index (κ1) is 35.6. The molecule has 14 nitrogen and oxygen atoms in total. The number of carbonyl (C=O) groups is 5. The number of rotatable bonds is 10. The average Bonchev–Trinajstić information content (AvgIpc) is 3.44. The second-order valence-electron chi connectivity index (χ2n) is 7.27. The number of tetrazole rings is 1. The van der Waals surface area contributed by atoms with Crippen molar-refractivity contribution in [2.24, 2.45) is 0 Å². The van der Waals surface area contributed by atoms with Gasteiger partial charge in [-0.25, -0.2) is 14.3 Å². The van der Waals surface area contributed by atoms with E-state index in [0.29, 0.717) is 11.1 Å². The van der Waals surface area contributed by atoms with E-state index in [1.165, 1.54) is 17.8 Å². The third-order valence-corrected chi connectivity index (χ3v) is 8.35. The molecule has 0 spiro atoms. The molecular weight excluding hydrogens is 593 g/mol. The maximum atomic E-state index is 12.8. The zero-order chi connectivity index (χ0) is 25.3. The number of hydrogen-bond donors (Lipinski definition) is 4. The first-order chi connectivity index (χ1) is 16.7. The number of thiophene rings is 1. The summed E-state index contributed by atoms with van der Waals surface area (Å²) in [4.78, 5) is 60.5. The van der Waals surface area contributed by atoms with Gasteiger partial charge in [-0.3, -0.25) is 19.3 Å². The first-order valence-electron chi connectivity index (χ1n) is 9.77. The van der Waals surface area contributed by atoms with Crippen molar-refractivity contribution in [1.82, 2.24) is 30.4 Å². The van der Waals surface area contributed by atoms with Crippen LogP contribution in [0.15, 0.2) is 27.9 Å². The standard InChI is InChI=1S/C18H16N6O8S3.3Na.3H/c25-9(3-7-1-2-33-13(7)17(31)32)19-11-14(28)24-12(16(29)30)8(5-34-15(11)24)6-35-18-20-21-22-23(18)4-10(26)27;;;;;;/h1-2,11,15H,3-6H2,(H,19,25)(H,26,27)(H,29,30)(H,31,32);;;;;;/t11?,15-;;;;;;/m1....../s1. The number of nitrogens with zero attached hydrogens (tertiary/aromatic N) is 5. The number of aliphatic carboxylic acids is 2. The van der Waals surface area contributed by atoms with Gasteiger partial charge in [-0.05, 0) is 33.0 Å². The van der Waals surface area contributed by atoms with E-state index in [4.69, 9.17) is 5.11 Å². The van der Waals surface area contributed by atoms with Crippen LogP contribution in [-0.4, -0.2) is 182 Å². The Morgan fingerprint density at radius 3 is 2.47 bits per heavy atom. The zero-order valence-electron chi connectivity index (χ0n) is 17.5. The summed E-state index contributed by atoms with van der Waals surface area (Å²) in [5, 5.41) is 42.3. The van der Waals surface area contributed by atoms with Crippen LogP contribution >= 0.6 is 34.9 Å². The van der Waals surface area contributed by atoms with Crippen LogP contribution in [0.5, 0.6) is 0 Å². The number of thioether (sulfide) groups is 2. The van der Waals surface area contributed by atoms with Crippen LogP contribution in [-0.2, 0) is 32.1 Å². The van der Waals surface area contributed by atoms with Crippen molar-refractivity contribution in [3.05, 3.63) is 33.2 Å². The molecule has 0 radical (unpaired) electrons. The fourth-order valence-corrected chi connectivity index (χ4v) is 6.66. The summed E-state index contributed by atoms with van der Waals surface area (Å²) in [6.07, 6.45) is -0.221. The van der Waals surface area contributed by atoms with E-state index < -0.39 is 47.7 Å². The predicted molar refractivity (Wildman–Crippen MR) is 142 cm³/mol. The molecule has 2 aliphatic heterocycles. The number of carboxylic acids is 3. The van der Waals surface area contributed by atoms with Crippen LogP contribution in [0.2, 0.25) is 0 Å². The summed E-state index contributed by atoms with van der Waals surface area (Å²) in [5.74, 6) is -4.36. The van der Waals surface area contributed by atoms with Gasteiger partial charge in [0.15, 0.2) is 0 Å². The molecule has 4 rings (SSSR count). The van der Waals surface area contributed by atoms with Crippen molar-refractivity contribution in [3.8, 4) is 0 Å². The molecule has 0 aromatic carbocycles. The average molecular weight is 613 g/mol. The molecule has 4 heterocycles. The second kappa shape index (κ2) is 15.5. The molecule has 2 aliphatic rings. The Morgan fingerprint density at radius 1 is 1.13 bits per heavy atom. The van der Waals surface area contributed by atoms with Gasteiger partial charge in [0, 0.05) is 11.5 Å². The number of aromatic carboxylic acids is 1. The van der Waals surface area contributed by atoms with E-state index >= 15 is 0 Å². The molecule has 20 heteroatoms. The molecule has 2 aromatic heterocycles. The SMILES string of the molecule is O=C(O)Cn1nnnc1SCC1=C(C(=O)O)N2C(=O)C(NC(=O)Cc3ccsc3C(=O)O)[C@H]2SC1.[NaH].[NaH].[NaH]. The van der Waals surface area contributed by atoms with Gasteiger partial charge in [0.05, 0.1) is 6.42 Å². The first-order valence-corrected chi connectivity index (χ1v) is 12.7. The van der Waals surface area contributed by atoms with Gasteiger partial charge in [0.25, 0.3) is 5.91 Å². The number of nitrogens with one attached hydrogen (secondary N) is 1. The van der Waals surface area contributed by atoms with E-state index in [-0.39, 0.29) is 122 Å². The molecule has 2 atom stereocenters. The summed E-state index contributed by atoms with van der Waals surface area (Å²) < 4.78 is 1.07. The van der Waals surface area contributed by atoms with Gasteiger partial charge in [0.1, 0.15) is 28.5 Å². The van der Waals surface area contributed by atoms with Crippen LogP contribution in [0.25, 0.3) is 0 Å². The summed E-state index contributed by atoms with van der Waals surface area (Å²) in [6.45, 7) is -0.456. The van der Waals surface area contributed by atoms with Gasteiger partial charge >= 0.3 is 107 Å². The van der Waals surface area contributed by atoms with Gasteiger partial charge in [0.2, 0.25) is 11.1 Å². The van der Waals surface area contributed by atoms with Crippen molar-refractivity contribution in [1.29, 1.82) is 0 Å². The van der Waals surface area contributed by atoms with Crippen molar-refractivity contribution in [3.63, 3.8) is 0 Å². The number of hydrogen-bond acceptors (Lipinski definition) is 11. The van der Waals surface area contributed by atoms with E-state index in [9.17, 15) is 34.2 Å². The maximum absolute atomic E-state index is 12.8. The molecule has 1 fully saturated rings. The van der Waals surface area contributed by atoms with E-state index in [1.807, 2.05) is 0 Å². The number of β-lactam (4-membered cyclic amide) rings is 1. The summed E-state index contributed by atoms with van der Waals surface area (Å²) in [7, 11) is 0. The topological polar surface area (TPSA) is 205 Å². The van der Waals surface area contributed by atoms with Crippen LogP contribution in [0.1, 0.15) is 15.2 Å². The number of aromatic nitrogens is 4. The van der Waals surface area contributed by atoms with Crippen molar-refractivity contribution < 1.29 is 39.3 Å². The Morgan fingerprint density at radius 2 is 1.84 bits per heavy atom. The predicted octanol–water partition coefficient (Wildman–Crippen LogP) is -2.35. The monoisotopic (exact) mass is 612 g/mol. The molecule has 4 N–H and O–H groups in total. The quantitative estimate of drug-likeness (QED) is 0.126. The third-order valence-electron chi connectivity index (χ3n) is 5.02. The van der Waals surface area contributed by atoms with Gasteiger partial charge < -0.3 is 20.6 Å². The van der Waals surface area contributed by atoms with Gasteiger partial charge in [-0.15, -0.1) is 28.2 Å². The van der Waals surface area contributed by atoms with E-state index in [2.05, 4.69) is 20.8 Å². The molecule has 2 amide bonds.